The molecule has 12 heteroatoms. The quantitative estimate of drug-likeness (QED) is 0.390. The van der Waals surface area contributed by atoms with E-state index in [2.05, 4.69) is 5.32 Å². The average molecular weight is 538 g/mol. The first-order valence-corrected chi connectivity index (χ1v) is 11.7. The van der Waals surface area contributed by atoms with E-state index in [0.29, 0.717) is 6.07 Å². The highest BCUT2D eigenvalue weighted by Gasteiger charge is 2.34. The van der Waals surface area contributed by atoms with E-state index in [0.717, 1.165) is 16.4 Å². The van der Waals surface area contributed by atoms with Crippen molar-refractivity contribution in [3.63, 3.8) is 0 Å². The number of carbonyl (C=O) groups excluding carboxylic acids is 1. The Morgan fingerprint density at radius 1 is 0.909 bits per heavy atom. The maximum absolute atomic E-state index is 13.3. The molecule has 174 valence electrons. The minimum atomic E-state index is -4.74. The van der Waals surface area contributed by atoms with Gasteiger partial charge in [0, 0.05) is 5.69 Å². The van der Waals surface area contributed by atoms with Crippen molar-refractivity contribution in [3.05, 3.63) is 87.4 Å². The Balaban J connectivity index is 1.98. The SMILES string of the molecule is O=C(CN(c1cccc(Cl)c1Cl)S(=O)(=O)c1ccccc1)Nc1ccc(Cl)c(C(F)(F)F)c1. The van der Waals surface area contributed by atoms with E-state index in [-0.39, 0.29) is 26.3 Å². The van der Waals surface area contributed by atoms with E-state index in [1.54, 1.807) is 6.07 Å². The molecule has 1 amide bonds. The van der Waals surface area contributed by atoms with Crippen LogP contribution in [0.25, 0.3) is 0 Å². The number of anilines is 2. The maximum Gasteiger partial charge on any atom is 0.417 e. The van der Waals surface area contributed by atoms with Gasteiger partial charge in [0.25, 0.3) is 10.0 Å². The van der Waals surface area contributed by atoms with Gasteiger partial charge in [-0.2, -0.15) is 13.2 Å². The second-order valence-corrected chi connectivity index (χ2v) is 9.69. The van der Waals surface area contributed by atoms with Crippen LogP contribution in [0.1, 0.15) is 5.56 Å². The second kappa shape index (κ2) is 9.80. The van der Waals surface area contributed by atoms with Crippen LogP contribution in [0.5, 0.6) is 0 Å². The number of amides is 1. The van der Waals surface area contributed by atoms with Crippen molar-refractivity contribution in [2.75, 3.05) is 16.2 Å². The molecular weight excluding hydrogens is 524 g/mol. The second-order valence-electron chi connectivity index (χ2n) is 6.64. The van der Waals surface area contributed by atoms with Crippen molar-refractivity contribution < 1.29 is 26.4 Å². The molecular formula is C21H14Cl3F3N2O3S. The molecule has 5 nitrogen and oxygen atoms in total. The largest absolute Gasteiger partial charge is 0.417 e. The molecule has 0 heterocycles. The van der Waals surface area contributed by atoms with Gasteiger partial charge in [-0.05, 0) is 42.5 Å². The van der Waals surface area contributed by atoms with E-state index in [4.69, 9.17) is 34.8 Å². The maximum atomic E-state index is 13.3. The van der Waals surface area contributed by atoms with E-state index >= 15 is 0 Å². The first kappa shape index (κ1) is 25.2. The zero-order valence-corrected chi connectivity index (χ0v) is 19.5. The lowest BCUT2D eigenvalue weighted by molar-refractivity contribution is -0.137. The van der Waals surface area contributed by atoms with Gasteiger partial charge in [0.15, 0.2) is 0 Å². The van der Waals surface area contributed by atoms with Gasteiger partial charge in [-0.15, -0.1) is 0 Å². The lowest BCUT2D eigenvalue weighted by atomic mass is 10.2. The normalized spacial score (nSPS) is 11.8. The lowest BCUT2D eigenvalue weighted by Crippen LogP contribution is -2.38. The number of sulfonamides is 1. The Bertz CT molecular complexity index is 1290. The molecule has 33 heavy (non-hydrogen) atoms. The van der Waals surface area contributed by atoms with Crippen LogP contribution in [0.4, 0.5) is 24.5 Å². The summed E-state index contributed by atoms with van der Waals surface area (Å²) in [6, 6.07) is 14.3. The Hall–Kier alpha value is -2.46. The fraction of sp³-hybridized carbons (Fsp3) is 0.0952. The first-order valence-electron chi connectivity index (χ1n) is 9.09. The number of nitrogens with one attached hydrogen (secondary N) is 1. The zero-order chi connectivity index (χ0) is 24.4. The van der Waals surface area contributed by atoms with Crippen molar-refractivity contribution in [3.8, 4) is 0 Å². The molecule has 0 fully saturated rings. The minimum absolute atomic E-state index is 0.0513. The number of halogens is 6. The highest BCUT2D eigenvalue weighted by atomic mass is 35.5. The summed E-state index contributed by atoms with van der Waals surface area (Å²) < 4.78 is 66.6. The van der Waals surface area contributed by atoms with Crippen LogP contribution < -0.4 is 9.62 Å². The van der Waals surface area contributed by atoms with Gasteiger partial charge in [0.2, 0.25) is 5.91 Å². The Labute approximate surface area is 202 Å². The molecule has 0 aromatic heterocycles. The van der Waals surface area contributed by atoms with Crippen molar-refractivity contribution in [2.45, 2.75) is 11.1 Å². The fourth-order valence-corrected chi connectivity index (χ4v) is 4.98. The molecule has 0 aliphatic carbocycles. The molecule has 0 atom stereocenters. The first-order chi connectivity index (χ1) is 15.4. The monoisotopic (exact) mass is 536 g/mol. The molecule has 0 aliphatic rings. The standard InChI is InChI=1S/C21H14Cl3F3N2O3S/c22-16-10-9-13(11-15(16)21(25,26)27)28-19(30)12-29(18-8-4-7-17(23)20(18)24)33(31,32)14-5-2-1-3-6-14/h1-11H,12H2,(H,28,30). The summed E-state index contributed by atoms with van der Waals surface area (Å²) in [5.74, 6) is -0.916. The van der Waals surface area contributed by atoms with Gasteiger partial charge < -0.3 is 5.32 Å². The number of hydrogen-bond donors (Lipinski definition) is 1. The van der Waals surface area contributed by atoms with Gasteiger partial charge in [-0.25, -0.2) is 8.42 Å². The van der Waals surface area contributed by atoms with Crippen molar-refractivity contribution in [1.29, 1.82) is 0 Å². The topological polar surface area (TPSA) is 66.5 Å². The molecule has 3 aromatic carbocycles. The minimum Gasteiger partial charge on any atom is -0.324 e. The summed E-state index contributed by atoms with van der Waals surface area (Å²) in [5.41, 5.74) is -1.44. The molecule has 1 N–H and O–H groups in total. The van der Waals surface area contributed by atoms with E-state index in [9.17, 15) is 26.4 Å². The third-order valence-corrected chi connectivity index (χ3v) is 7.29. The van der Waals surface area contributed by atoms with E-state index < -0.39 is 39.2 Å². The highest BCUT2D eigenvalue weighted by molar-refractivity contribution is 7.92. The van der Waals surface area contributed by atoms with Crippen molar-refractivity contribution in [2.24, 2.45) is 0 Å². The van der Waals surface area contributed by atoms with Crippen LogP contribution in [0, 0.1) is 0 Å². The molecule has 3 aromatic rings. The van der Waals surface area contributed by atoms with Crippen LogP contribution >= 0.6 is 34.8 Å². The summed E-state index contributed by atoms with van der Waals surface area (Å²) >= 11 is 17.8. The summed E-state index contributed by atoms with van der Waals surface area (Å²) in [7, 11) is -4.29. The van der Waals surface area contributed by atoms with Crippen LogP contribution in [-0.2, 0) is 21.0 Å². The van der Waals surface area contributed by atoms with Crippen molar-refractivity contribution >= 4 is 62.1 Å². The van der Waals surface area contributed by atoms with Gasteiger partial charge >= 0.3 is 6.18 Å². The molecule has 3 rings (SSSR count). The van der Waals surface area contributed by atoms with Gasteiger partial charge in [-0.1, -0.05) is 59.1 Å². The summed E-state index contributed by atoms with van der Waals surface area (Å²) in [6.07, 6.45) is -4.74. The number of nitrogens with zero attached hydrogens (tertiary/aromatic N) is 1. The Kier molecular flexibility index (Phi) is 7.48. The van der Waals surface area contributed by atoms with Crippen LogP contribution in [0.3, 0.4) is 0 Å². The van der Waals surface area contributed by atoms with Gasteiger partial charge in [-0.3, -0.25) is 9.10 Å². The van der Waals surface area contributed by atoms with Crippen LogP contribution in [0.2, 0.25) is 15.1 Å². The smallest absolute Gasteiger partial charge is 0.324 e. The third kappa shape index (κ3) is 5.73. The number of alkyl halides is 3. The third-order valence-electron chi connectivity index (χ3n) is 4.37. The van der Waals surface area contributed by atoms with E-state index in [1.807, 2.05) is 0 Å². The highest BCUT2D eigenvalue weighted by Crippen LogP contribution is 2.37. The van der Waals surface area contributed by atoms with E-state index in [1.165, 1.54) is 42.5 Å². The number of carbonyl (C=O) groups is 1. The number of benzene rings is 3. The predicted molar refractivity (Wildman–Crippen MR) is 123 cm³/mol. The zero-order valence-electron chi connectivity index (χ0n) is 16.4. The molecule has 0 radical (unpaired) electrons. The summed E-state index contributed by atoms with van der Waals surface area (Å²) in [6.45, 7) is -0.790. The Morgan fingerprint density at radius 2 is 1.58 bits per heavy atom. The summed E-state index contributed by atoms with van der Waals surface area (Å²) in [5, 5.41) is 1.66. The Morgan fingerprint density at radius 3 is 2.21 bits per heavy atom. The van der Waals surface area contributed by atoms with Crippen molar-refractivity contribution in [1.82, 2.24) is 0 Å². The van der Waals surface area contributed by atoms with Gasteiger partial charge in [0.1, 0.15) is 6.54 Å². The predicted octanol–water partition coefficient (Wildman–Crippen LogP) is 6.50. The average Bonchev–Trinajstić information content (AvgIpc) is 2.75. The molecule has 0 saturated carbocycles. The lowest BCUT2D eigenvalue weighted by Gasteiger charge is -2.25. The summed E-state index contributed by atoms with van der Waals surface area (Å²) in [4.78, 5) is 12.6. The van der Waals surface area contributed by atoms with Gasteiger partial charge in [0.05, 0.1) is 31.2 Å². The number of rotatable bonds is 6. The van der Waals surface area contributed by atoms with Crippen LogP contribution in [0.15, 0.2) is 71.6 Å². The molecule has 0 aliphatic heterocycles. The molecule has 0 saturated heterocycles. The number of hydrogen-bond acceptors (Lipinski definition) is 3. The molecule has 0 bridgehead atoms. The molecule has 0 spiro atoms. The van der Waals surface area contributed by atoms with Crippen LogP contribution in [-0.4, -0.2) is 20.9 Å². The fourth-order valence-electron chi connectivity index (χ4n) is 2.86. The molecule has 0 unspecified atom stereocenters.